The lowest BCUT2D eigenvalue weighted by Gasteiger charge is -2.31. The molecule has 1 N–H and O–H groups in total. The predicted molar refractivity (Wildman–Crippen MR) is 125 cm³/mol. The monoisotopic (exact) mass is 466 g/mol. The molecular formula is C23H26N6O3S. The first-order valence-corrected chi connectivity index (χ1v) is 11.8. The minimum Gasteiger partial charge on any atom is -0.340 e. The number of aryl methyl sites for hydroxylation is 1. The second kappa shape index (κ2) is 10.5. The highest BCUT2D eigenvalue weighted by Gasteiger charge is 2.30. The number of amides is 2. The Kier molecular flexibility index (Phi) is 7.23. The Hall–Kier alpha value is -3.40. The Labute approximate surface area is 196 Å². The van der Waals surface area contributed by atoms with Gasteiger partial charge in [0.15, 0.2) is 5.82 Å². The van der Waals surface area contributed by atoms with Crippen LogP contribution in [0.1, 0.15) is 23.5 Å². The average Bonchev–Trinajstić information content (AvgIpc) is 3.46. The number of anilines is 1. The molecular weight excluding hydrogens is 440 g/mol. The number of imidazole rings is 1. The Morgan fingerprint density at radius 2 is 2.03 bits per heavy atom. The number of hydrogen-bond donors (Lipinski definition) is 1. The van der Waals surface area contributed by atoms with Gasteiger partial charge in [-0.15, -0.1) is 11.8 Å². The average molecular weight is 467 g/mol. The molecule has 1 atom stereocenters. The Morgan fingerprint density at radius 3 is 2.79 bits per heavy atom. The van der Waals surface area contributed by atoms with Gasteiger partial charge >= 0.3 is 0 Å². The Morgan fingerprint density at radius 1 is 1.21 bits per heavy atom. The molecule has 3 heterocycles. The van der Waals surface area contributed by atoms with Gasteiger partial charge in [0, 0.05) is 49.5 Å². The number of carbonyl (C=O) groups excluding carboxylic acids is 3. The van der Waals surface area contributed by atoms with E-state index in [0.29, 0.717) is 24.6 Å². The molecule has 2 aromatic heterocycles. The molecule has 0 bridgehead atoms. The fourth-order valence-corrected chi connectivity index (χ4v) is 4.54. The van der Waals surface area contributed by atoms with Crippen molar-refractivity contribution in [1.29, 1.82) is 0 Å². The fraction of sp³-hybridized carbons (Fsp3) is 0.348. The maximum absolute atomic E-state index is 12.8. The summed E-state index contributed by atoms with van der Waals surface area (Å²) in [6, 6.07) is 9.70. The molecule has 3 aromatic rings. The lowest BCUT2D eigenvalue weighted by atomic mass is 9.93. The van der Waals surface area contributed by atoms with Crippen molar-refractivity contribution < 1.29 is 14.4 Å². The molecule has 1 saturated heterocycles. The van der Waals surface area contributed by atoms with Gasteiger partial charge in [0.25, 0.3) is 0 Å². The van der Waals surface area contributed by atoms with Crippen LogP contribution >= 0.6 is 11.8 Å². The number of hydrogen-bond acceptors (Lipinski definition) is 6. The van der Waals surface area contributed by atoms with Gasteiger partial charge < -0.3 is 14.8 Å². The van der Waals surface area contributed by atoms with Gasteiger partial charge in [-0.25, -0.2) is 4.98 Å². The van der Waals surface area contributed by atoms with Crippen LogP contribution in [0.2, 0.25) is 0 Å². The van der Waals surface area contributed by atoms with E-state index in [0.717, 1.165) is 17.7 Å². The molecule has 1 unspecified atom stereocenters. The SMILES string of the molecule is Cn1ccnc1C(=O)C1CCCN(C(=O)Cn2cc(NC(=O)CSc3ccccc3)cn2)C1. The Balaban J connectivity index is 1.27. The molecule has 0 aliphatic carbocycles. The third kappa shape index (κ3) is 5.89. The number of nitrogens with one attached hydrogen (secondary N) is 1. The zero-order chi connectivity index (χ0) is 23.2. The van der Waals surface area contributed by atoms with E-state index in [2.05, 4.69) is 15.4 Å². The lowest BCUT2D eigenvalue weighted by Crippen LogP contribution is -2.44. The second-order valence-corrected chi connectivity index (χ2v) is 9.03. The smallest absolute Gasteiger partial charge is 0.244 e. The van der Waals surface area contributed by atoms with E-state index in [-0.39, 0.29) is 35.8 Å². The highest BCUT2D eigenvalue weighted by molar-refractivity contribution is 8.00. The molecule has 0 radical (unpaired) electrons. The number of aromatic nitrogens is 4. The van der Waals surface area contributed by atoms with Crippen LogP contribution in [-0.2, 0) is 23.2 Å². The van der Waals surface area contributed by atoms with Crippen molar-refractivity contribution in [3.05, 3.63) is 60.9 Å². The van der Waals surface area contributed by atoms with Crippen molar-refractivity contribution in [1.82, 2.24) is 24.2 Å². The van der Waals surface area contributed by atoms with Crippen molar-refractivity contribution in [2.75, 3.05) is 24.2 Å². The van der Waals surface area contributed by atoms with Gasteiger partial charge in [-0.05, 0) is 25.0 Å². The minimum atomic E-state index is -0.251. The van der Waals surface area contributed by atoms with E-state index in [1.807, 2.05) is 30.3 Å². The fourth-order valence-electron chi connectivity index (χ4n) is 3.82. The first kappa shape index (κ1) is 22.8. The molecule has 172 valence electrons. The highest BCUT2D eigenvalue weighted by atomic mass is 32.2. The van der Waals surface area contributed by atoms with E-state index in [1.165, 1.54) is 22.6 Å². The summed E-state index contributed by atoms with van der Waals surface area (Å²) < 4.78 is 3.22. The van der Waals surface area contributed by atoms with Crippen LogP contribution in [0, 0.1) is 5.92 Å². The van der Waals surface area contributed by atoms with Gasteiger partial charge in [-0.2, -0.15) is 5.10 Å². The highest BCUT2D eigenvalue weighted by Crippen LogP contribution is 2.21. The summed E-state index contributed by atoms with van der Waals surface area (Å²) in [5.41, 5.74) is 0.544. The van der Waals surface area contributed by atoms with Crippen LogP contribution in [0.5, 0.6) is 0 Å². The van der Waals surface area contributed by atoms with Crippen LogP contribution in [-0.4, -0.2) is 60.7 Å². The zero-order valence-corrected chi connectivity index (χ0v) is 19.2. The molecule has 0 spiro atoms. The molecule has 10 heteroatoms. The predicted octanol–water partition coefficient (Wildman–Crippen LogP) is 2.47. The number of nitrogens with zero attached hydrogens (tertiary/aromatic N) is 5. The summed E-state index contributed by atoms with van der Waals surface area (Å²) in [4.78, 5) is 44.7. The largest absolute Gasteiger partial charge is 0.340 e. The van der Waals surface area contributed by atoms with Gasteiger partial charge in [0.05, 0.1) is 17.6 Å². The molecule has 1 aliphatic heterocycles. The molecule has 33 heavy (non-hydrogen) atoms. The molecule has 1 fully saturated rings. The van der Waals surface area contributed by atoms with Crippen LogP contribution in [0.4, 0.5) is 5.69 Å². The standard InChI is InChI=1S/C23H26N6O3S/c1-27-11-9-24-23(27)22(32)17-6-5-10-28(13-17)21(31)15-29-14-18(12-25-29)26-20(30)16-33-19-7-3-2-4-8-19/h2-4,7-9,11-12,14,17H,5-6,10,13,15-16H2,1H3,(H,26,30). The normalized spacial score (nSPS) is 15.9. The number of carbonyl (C=O) groups is 3. The van der Waals surface area contributed by atoms with Crippen LogP contribution < -0.4 is 5.32 Å². The van der Waals surface area contributed by atoms with E-state index >= 15 is 0 Å². The zero-order valence-electron chi connectivity index (χ0n) is 18.4. The van der Waals surface area contributed by atoms with E-state index < -0.39 is 0 Å². The van der Waals surface area contributed by atoms with Gasteiger partial charge in [0.1, 0.15) is 6.54 Å². The summed E-state index contributed by atoms with van der Waals surface area (Å²) in [6.45, 7) is 1.05. The van der Waals surface area contributed by atoms with Gasteiger partial charge in [-0.3, -0.25) is 19.1 Å². The van der Waals surface area contributed by atoms with Crippen molar-refractivity contribution in [3.63, 3.8) is 0 Å². The van der Waals surface area contributed by atoms with Gasteiger partial charge in [-0.1, -0.05) is 18.2 Å². The number of benzene rings is 1. The summed E-state index contributed by atoms with van der Waals surface area (Å²) in [5, 5.41) is 7.00. The maximum atomic E-state index is 12.8. The molecule has 1 aliphatic rings. The number of ketones is 1. The van der Waals surface area contributed by atoms with Crippen molar-refractivity contribution in [3.8, 4) is 0 Å². The summed E-state index contributed by atoms with van der Waals surface area (Å²) >= 11 is 1.45. The first-order valence-electron chi connectivity index (χ1n) is 10.8. The third-order valence-corrected chi connectivity index (χ3v) is 6.53. The Bertz CT molecular complexity index is 1130. The second-order valence-electron chi connectivity index (χ2n) is 7.98. The molecule has 0 saturated carbocycles. The summed E-state index contributed by atoms with van der Waals surface area (Å²) in [5.74, 6) is 0.185. The van der Waals surface area contributed by atoms with Gasteiger partial charge in [0.2, 0.25) is 17.6 Å². The molecule has 2 amide bonds. The van der Waals surface area contributed by atoms with Crippen LogP contribution in [0.15, 0.2) is 60.0 Å². The number of rotatable bonds is 8. The van der Waals surface area contributed by atoms with E-state index in [9.17, 15) is 14.4 Å². The number of likely N-dealkylation sites (tertiary alicyclic amines) is 1. The number of piperidine rings is 1. The van der Waals surface area contributed by atoms with Crippen molar-refractivity contribution in [2.45, 2.75) is 24.3 Å². The molecule has 9 nitrogen and oxygen atoms in total. The van der Waals surface area contributed by atoms with Crippen molar-refractivity contribution in [2.24, 2.45) is 13.0 Å². The lowest BCUT2D eigenvalue weighted by molar-refractivity contribution is -0.133. The maximum Gasteiger partial charge on any atom is 0.244 e. The van der Waals surface area contributed by atoms with Crippen molar-refractivity contribution >= 4 is 35.0 Å². The number of thioether (sulfide) groups is 1. The first-order chi connectivity index (χ1) is 16.0. The van der Waals surface area contributed by atoms with Crippen LogP contribution in [0.3, 0.4) is 0 Å². The molecule has 1 aromatic carbocycles. The van der Waals surface area contributed by atoms with Crippen LogP contribution in [0.25, 0.3) is 0 Å². The third-order valence-electron chi connectivity index (χ3n) is 5.51. The molecule has 4 rings (SSSR count). The quantitative estimate of drug-likeness (QED) is 0.404. The topological polar surface area (TPSA) is 102 Å². The number of Topliss-reactive ketones (excluding diaryl/α,β-unsaturated/α-hetero) is 1. The van der Waals surface area contributed by atoms with E-state index in [4.69, 9.17) is 0 Å². The minimum absolute atomic E-state index is 0.0301. The summed E-state index contributed by atoms with van der Waals surface area (Å²) in [7, 11) is 1.79. The van der Waals surface area contributed by atoms with E-state index in [1.54, 1.807) is 35.1 Å². The summed E-state index contributed by atoms with van der Waals surface area (Å²) in [6.07, 6.45) is 8.03.